The maximum atomic E-state index is 13.1. The molecule has 0 saturated carbocycles. The lowest BCUT2D eigenvalue weighted by atomic mass is 9.95. The highest BCUT2D eigenvalue weighted by atomic mass is 16.3. The van der Waals surface area contributed by atoms with E-state index in [1.807, 2.05) is 41.3 Å². The number of piperidine rings is 1. The van der Waals surface area contributed by atoms with Gasteiger partial charge in [-0.2, -0.15) is 0 Å². The number of aromatic nitrogens is 1. The van der Waals surface area contributed by atoms with Crippen LogP contribution in [0.1, 0.15) is 43.6 Å². The van der Waals surface area contributed by atoms with Gasteiger partial charge in [-0.3, -0.25) is 9.59 Å². The summed E-state index contributed by atoms with van der Waals surface area (Å²) in [7, 11) is 0. The third-order valence-corrected chi connectivity index (χ3v) is 6.60. The number of anilines is 1. The summed E-state index contributed by atoms with van der Waals surface area (Å²) in [5.41, 5.74) is 3.82. The van der Waals surface area contributed by atoms with Gasteiger partial charge in [-0.25, -0.2) is 4.98 Å². The smallest absolute Gasteiger partial charge is 0.228 e. The number of oxazole rings is 1. The topological polar surface area (TPSA) is 66.7 Å². The molecule has 0 bridgehead atoms. The Morgan fingerprint density at radius 1 is 1.10 bits per heavy atom. The predicted molar refractivity (Wildman–Crippen MR) is 119 cm³/mol. The molecule has 0 spiro atoms. The highest BCUT2D eigenvalue weighted by molar-refractivity contribution is 6.00. The molecular formula is C25H27N3O3. The fourth-order valence-electron chi connectivity index (χ4n) is 4.70. The Kier molecular flexibility index (Phi) is 5.22. The first-order valence-corrected chi connectivity index (χ1v) is 11.2. The van der Waals surface area contributed by atoms with Crippen LogP contribution in [0, 0.1) is 5.92 Å². The van der Waals surface area contributed by atoms with Gasteiger partial charge < -0.3 is 14.2 Å². The molecule has 0 N–H and O–H groups in total. The highest BCUT2D eigenvalue weighted by Gasteiger charge is 2.38. The molecule has 6 nitrogen and oxygen atoms in total. The third-order valence-electron chi connectivity index (χ3n) is 6.60. The molecule has 2 aliphatic heterocycles. The van der Waals surface area contributed by atoms with Crippen molar-refractivity contribution in [2.45, 2.75) is 38.5 Å². The zero-order chi connectivity index (χ0) is 21.4. The van der Waals surface area contributed by atoms with E-state index in [0.29, 0.717) is 26.1 Å². The molecule has 1 aromatic heterocycles. The van der Waals surface area contributed by atoms with Crippen LogP contribution < -0.4 is 4.90 Å². The Balaban J connectivity index is 1.20. The van der Waals surface area contributed by atoms with Gasteiger partial charge in [0.25, 0.3) is 0 Å². The van der Waals surface area contributed by atoms with Crippen LogP contribution in [0.2, 0.25) is 0 Å². The van der Waals surface area contributed by atoms with Crippen molar-refractivity contribution in [3.8, 4) is 0 Å². The number of carbonyl (C=O) groups excluding carboxylic acids is 2. The van der Waals surface area contributed by atoms with E-state index >= 15 is 0 Å². The minimum atomic E-state index is -0.265. The average molecular weight is 418 g/mol. The van der Waals surface area contributed by atoms with E-state index in [2.05, 4.69) is 24.0 Å². The number of hydrogen-bond donors (Lipinski definition) is 0. The van der Waals surface area contributed by atoms with Crippen LogP contribution in [0.4, 0.5) is 5.69 Å². The van der Waals surface area contributed by atoms with Gasteiger partial charge in [0.2, 0.25) is 11.8 Å². The molecular weight excluding hydrogens is 390 g/mol. The van der Waals surface area contributed by atoms with E-state index in [-0.39, 0.29) is 23.7 Å². The minimum absolute atomic E-state index is 0.0314. The van der Waals surface area contributed by atoms with Crippen molar-refractivity contribution in [2.24, 2.45) is 5.92 Å². The van der Waals surface area contributed by atoms with Crippen molar-refractivity contribution in [3.05, 3.63) is 60.0 Å². The van der Waals surface area contributed by atoms with Gasteiger partial charge in [-0.1, -0.05) is 31.2 Å². The highest BCUT2D eigenvalue weighted by Crippen LogP contribution is 2.32. The second-order valence-electron chi connectivity index (χ2n) is 8.54. The monoisotopic (exact) mass is 417 g/mol. The van der Waals surface area contributed by atoms with E-state index in [1.54, 1.807) is 4.90 Å². The maximum Gasteiger partial charge on any atom is 0.228 e. The molecule has 3 heterocycles. The maximum absolute atomic E-state index is 13.1. The minimum Gasteiger partial charge on any atom is -0.440 e. The van der Waals surface area contributed by atoms with Crippen LogP contribution in [-0.4, -0.2) is 41.3 Å². The molecule has 2 saturated heterocycles. The van der Waals surface area contributed by atoms with Crippen molar-refractivity contribution >= 4 is 28.6 Å². The molecule has 2 fully saturated rings. The van der Waals surface area contributed by atoms with Crippen LogP contribution in [0.5, 0.6) is 0 Å². The second-order valence-corrected chi connectivity index (χ2v) is 8.54. The SMILES string of the molecule is CCc1ccc(N2CC(C(=O)N3CCC(c4nc5ccccc5o4)CC3)CC2=O)cc1. The van der Waals surface area contributed by atoms with Crippen molar-refractivity contribution in [2.75, 3.05) is 24.5 Å². The lowest BCUT2D eigenvalue weighted by Gasteiger charge is -2.32. The van der Waals surface area contributed by atoms with Gasteiger partial charge in [0, 0.05) is 37.7 Å². The molecule has 2 amide bonds. The first-order valence-electron chi connectivity index (χ1n) is 11.2. The standard InChI is InChI=1S/C25H27N3O3/c1-2-17-7-9-20(10-8-17)28-16-19(15-23(28)29)25(30)27-13-11-18(12-14-27)24-26-21-5-3-4-6-22(21)31-24/h3-10,18-19H,2,11-16H2,1H3. The van der Waals surface area contributed by atoms with E-state index in [9.17, 15) is 9.59 Å². The summed E-state index contributed by atoms with van der Waals surface area (Å²) in [6.07, 6.45) is 2.93. The quantitative estimate of drug-likeness (QED) is 0.640. The van der Waals surface area contributed by atoms with Gasteiger partial charge in [0.1, 0.15) is 5.52 Å². The van der Waals surface area contributed by atoms with Crippen molar-refractivity contribution in [1.29, 1.82) is 0 Å². The van der Waals surface area contributed by atoms with E-state index in [4.69, 9.17) is 4.42 Å². The third kappa shape index (κ3) is 3.82. The molecule has 0 aliphatic carbocycles. The van der Waals surface area contributed by atoms with Crippen LogP contribution >= 0.6 is 0 Å². The van der Waals surface area contributed by atoms with Crippen molar-refractivity contribution in [3.63, 3.8) is 0 Å². The van der Waals surface area contributed by atoms with E-state index < -0.39 is 0 Å². The first-order chi connectivity index (χ1) is 15.1. The molecule has 2 aliphatic rings. The Bertz CT molecular complexity index is 1060. The number of hydrogen-bond acceptors (Lipinski definition) is 4. The van der Waals surface area contributed by atoms with E-state index in [0.717, 1.165) is 41.9 Å². The summed E-state index contributed by atoms with van der Waals surface area (Å²) >= 11 is 0. The molecule has 0 radical (unpaired) electrons. The van der Waals surface area contributed by atoms with Crippen molar-refractivity contribution < 1.29 is 14.0 Å². The molecule has 1 unspecified atom stereocenters. The van der Waals surface area contributed by atoms with Crippen LogP contribution in [0.25, 0.3) is 11.1 Å². The summed E-state index contributed by atoms with van der Waals surface area (Å²) in [5.74, 6) is 0.863. The number of carbonyl (C=O) groups is 2. The lowest BCUT2D eigenvalue weighted by Crippen LogP contribution is -2.42. The van der Waals surface area contributed by atoms with Crippen LogP contribution in [-0.2, 0) is 16.0 Å². The Labute approximate surface area is 181 Å². The van der Waals surface area contributed by atoms with Gasteiger partial charge in [0.05, 0.1) is 5.92 Å². The molecule has 160 valence electrons. The number of fused-ring (bicyclic) bond motifs is 1. The second kappa shape index (κ2) is 8.17. The molecule has 1 atom stereocenters. The summed E-state index contributed by atoms with van der Waals surface area (Å²) in [6.45, 7) is 3.93. The van der Waals surface area contributed by atoms with Crippen LogP contribution in [0.15, 0.2) is 52.9 Å². The molecule has 5 rings (SSSR count). The first kappa shape index (κ1) is 19.8. The predicted octanol–water partition coefficient (Wildman–Crippen LogP) is 4.15. The summed E-state index contributed by atoms with van der Waals surface area (Å²) < 4.78 is 5.93. The number of likely N-dealkylation sites (tertiary alicyclic amines) is 1. The number of amides is 2. The van der Waals surface area contributed by atoms with Crippen LogP contribution in [0.3, 0.4) is 0 Å². The average Bonchev–Trinajstić information content (AvgIpc) is 3.42. The lowest BCUT2D eigenvalue weighted by molar-refractivity contribution is -0.136. The van der Waals surface area contributed by atoms with Gasteiger partial charge >= 0.3 is 0 Å². The Hall–Kier alpha value is -3.15. The molecule has 6 heteroatoms. The summed E-state index contributed by atoms with van der Waals surface area (Å²) in [5, 5.41) is 0. The van der Waals surface area contributed by atoms with Gasteiger partial charge in [-0.15, -0.1) is 0 Å². The Morgan fingerprint density at radius 2 is 1.84 bits per heavy atom. The Morgan fingerprint density at radius 3 is 2.55 bits per heavy atom. The normalized spacial score (nSPS) is 20.0. The van der Waals surface area contributed by atoms with Gasteiger partial charge in [-0.05, 0) is 49.1 Å². The number of rotatable bonds is 4. The van der Waals surface area contributed by atoms with Gasteiger partial charge in [0.15, 0.2) is 11.5 Å². The number of para-hydroxylation sites is 2. The van der Waals surface area contributed by atoms with Crippen molar-refractivity contribution in [1.82, 2.24) is 9.88 Å². The zero-order valence-corrected chi connectivity index (χ0v) is 17.8. The summed E-state index contributed by atoms with van der Waals surface area (Å²) in [4.78, 5) is 34.0. The molecule has 31 heavy (non-hydrogen) atoms. The fraction of sp³-hybridized carbons (Fsp3) is 0.400. The molecule has 2 aromatic carbocycles. The largest absolute Gasteiger partial charge is 0.440 e. The number of aryl methyl sites for hydroxylation is 1. The zero-order valence-electron chi connectivity index (χ0n) is 17.8. The molecule has 3 aromatic rings. The number of benzene rings is 2. The summed E-state index contributed by atoms with van der Waals surface area (Å²) in [6, 6.07) is 15.9. The fourth-order valence-corrected chi connectivity index (χ4v) is 4.70. The van der Waals surface area contributed by atoms with E-state index in [1.165, 1.54) is 5.56 Å². The number of nitrogens with zero attached hydrogens (tertiary/aromatic N) is 3.